The summed E-state index contributed by atoms with van der Waals surface area (Å²) in [6.07, 6.45) is -2.04. The van der Waals surface area contributed by atoms with Crippen molar-refractivity contribution >= 4 is 23.8 Å². The lowest BCUT2D eigenvalue weighted by Crippen LogP contribution is -2.58. The predicted molar refractivity (Wildman–Crippen MR) is 151 cm³/mol. The first-order valence-electron chi connectivity index (χ1n) is 13.2. The van der Waals surface area contributed by atoms with Gasteiger partial charge in [-0.25, -0.2) is 9.80 Å². The van der Waals surface area contributed by atoms with Gasteiger partial charge in [0.1, 0.15) is 11.6 Å². The maximum Gasteiger partial charge on any atom is 0.422 e. The molecule has 0 spiro atoms. The summed E-state index contributed by atoms with van der Waals surface area (Å²) in [5, 5.41) is 18.1. The molecular weight excluding hydrogens is 514 g/mol. The summed E-state index contributed by atoms with van der Waals surface area (Å²) in [7, 11) is 0. The van der Waals surface area contributed by atoms with Crippen molar-refractivity contribution in [2.75, 3.05) is 6.54 Å². The Bertz CT molecular complexity index is 1120. The number of amides is 4. The molecule has 2 rings (SSSR count). The Labute approximate surface area is 235 Å². The molecule has 0 radical (unpaired) electrons. The Balaban J connectivity index is 2.24. The molecule has 2 aromatic rings. The average molecular weight is 556 g/mol. The van der Waals surface area contributed by atoms with E-state index >= 15 is 0 Å². The molecule has 3 atom stereocenters. The largest absolute Gasteiger partial charge is 0.443 e. The van der Waals surface area contributed by atoms with Gasteiger partial charge in [-0.2, -0.15) is 0 Å². The fourth-order valence-electron chi connectivity index (χ4n) is 3.81. The fourth-order valence-corrected chi connectivity index (χ4v) is 3.81. The van der Waals surface area contributed by atoms with Crippen molar-refractivity contribution in [3.63, 3.8) is 0 Å². The van der Waals surface area contributed by atoms with Crippen molar-refractivity contribution in [3.05, 3.63) is 71.8 Å². The fraction of sp³-hybridized carbons (Fsp3) is 0.448. The first-order chi connectivity index (χ1) is 18.7. The molecular formula is C29H41N5O6. The van der Waals surface area contributed by atoms with Crippen LogP contribution in [0.5, 0.6) is 0 Å². The molecule has 11 nitrogen and oxygen atoms in total. The standard InChI is InChI=1S/C29H41N5O6/c1-19(2)34(33-28(39)40-29(3,4)5)18-24(35)22(16-20-12-8-6-9-13-20)31-27(38)23(17-25(30)36)32-26(37)21-14-10-7-11-15-21/h6-15,19,22-24,35H,16-18H2,1-5H3,(H2,30,36)(H,31,38)(H,32,37)(H,33,39)/t22-,23-,24-/m0/s1. The van der Waals surface area contributed by atoms with Crippen molar-refractivity contribution < 1.29 is 29.0 Å². The van der Waals surface area contributed by atoms with Crippen LogP contribution in [0.3, 0.4) is 0 Å². The van der Waals surface area contributed by atoms with Gasteiger partial charge in [0, 0.05) is 18.2 Å². The molecule has 6 N–H and O–H groups in total. The zero-order valence-corrected chi connectivity index (χ0v) is 23.7. The molecule has 4 amide bonds. The number of benzene rings is 2. The average Bonchev–Trinajstić information content (AvgIpc) is 2.87. The van der Waals surface area contributed by atoms with Crippen LogP contribution in [-0.4, -0.2) is 70.3 Å². The van der Waals surface area contributed by atoms with Crippen LogP contribution in [0.4, 0.5) is 4.79 Å². The molecule has 0 aliphatic rings. The number of hydrazine groups is 1. The van der Waals surface area contributed by atoms with Crippen LogP contribution < -0.4 is 21.8 Å². The summed E-state index contributed by atoms with van der Waals surface area (Å²) in [6.45, 7) is 8.84. The number of hydrogen-bond acceptors (Lipinski definition) is 7. The second kappa shape index (κ2) is 15.0. The quantitative estimate of drug-likeness (QED) is 0.236. The van der Waals surface area contributed by atoms with Gasteiger partial charge in [0.05, 0.1) is 18.6 Å². The number of nitrogens with two attached hydrogens (primary N) is 1. The monoisotopic (exact) mass is 555 g/mol. The first kappa shape index (κ1) is 32.3. The number of aliphatic hydroxyl groups is 1. The summed E-state index contributed by atoms with van der Waals surface area (Å²) < 4.78 is 5.34. The molecule has 2 aromatic carbocycles. The minimum atomic E-state index is -1.27. The normalized spacial score (nSPS) is 13.7. The molecule has 218 valence electrons. The van der Waals surface area contributed by atoms with Crippen LogP contribution in [0.2, 0.25) is 0 Å². The van der Waals surface area contributed by atoms with Crippen LogP contribution in [-0.2, 0) is 20.7 Å². The Hall–Kier alpha value is -3.96. The van der Waals surface area contributed by atoms with E-state index in [4.69, 9.17) is 10.5 Å². The van der Waals surface area contributed by atoms with Gasteiger partial charge in [-0.3, -0.25) is 19.8 Å². The van der Waals surface area contributed by atoms with Gasteiger partial charge < -0.3 is 26.2 Å². The number of rotatable bonds is 13. The Morgan fingerprint density at radius 2 is 1.52 bits per heavy atom. The minimum absolute atomic E-state index is 0.0500. The molecule has 0 saturated heterocycles. The number of aliphatic hydroxyl groups excluding tert-OH is 1. The van der Waals surface area contributed by atoms with Crippen LogP contribution in [0.1, 0.15) is 57.0 Å². The van der Waals surface area contributed by atoms with E-state index in [9.17, 15) is 24.3 Å². The van der Waals surface area contributed by atoms with Gasteiger partial charge in [-0.15, -0.1) is 0 Å². The van der Waals surface area contributed by atoms with Gasteiger partial charge in [0.25, 0.3) is 5.91 Å². The van der Waals surface area contributed by atoms with Crippen molar-refractivity contribution in [1.29, 1.82) is 0 Å². The van der Waals surface area contributed by atoms with Crippen molar-refractivity contribution in [2.45, 2.75) is 77.3 Å². The zero-order chi connectivity index (χ0) is 29.9. The SMILES string of the molecule is CC(C)N(C[C@H](O)[C@H](Cc1ccccc1)NC(=O)[C@H](CC(N)=O)NC(=O)c1ccccc1)NC(=O)OC(C)(C)C. The Morgan fingerprint density at radius 3 is 2.05 bits per heavy atom. The van der Waals surface area contributed by atoms with Crippen LogP contribution >= 0.6 is 0 Å². The zero-order valence-electron chi connectivity index (χ0n) is 23.7. The third-order valence-electron chi connectivity index (χ3n) is 5.79. The van der Waals surface area contributed by atoms with Crippen molar-refractivity contribution in [1.82, 2.24) is 21.1 Å². The molecule has 0 aliphatic carbocycles. The van der Waals surface area contributed by atoms with Crippen LogP contribution in [0.25, 0.3) is 0 Å². The van der Waals surface area contributed by atoms with E-state index in [0.29, 0.717) is 5.56 Å². The van der Waals surface area contributed by atoms with Crippen LogP contribution in [0, 0.1) is 0 Å². The minimum Gasteiger partial charge on any atom is -0.443 e. The molecule has 40 heavy (non-hydrogen) atoms. The van der Waals surface area contributed by atoms with E-state index in [1.54, 1.807) is 51.1 Å². The highest BCUT2D eigenvalue weighted by Gasteiger charge is 2.31. The van der Waals surface area contributed by atoms with Crippen molar-refractivity contribution in [2.24, 2.45) is 5.73 Å². The molecule has 0 unspecified atom stereocenters. The van der Waals surface area contributed by atoms with E-state index < -0.39 is 54.0 Å². The number of primary amides is 1. The lowest BCUT2D eigenvalue weighted by Gasteiger charge is -2.33. The number of nitrogens with one attached hydrogen (secondary N) is 3. The van der Waals surface area contributed by atoms with Gasteiger partial charge in [0.2, 0.25) is 11.8 Å². The van der Waals surface area contributed by atoms with Gasteiger partial charge in [-0.05, 0) is 58.7 Å². The second-order valence-electron chi connectivity index (χ2n) is 10.8. The third-order valence-corrected chi connectivity index (χ3v) is 5.79. The highest BCUT2D eigenvalue weighted by molar-refractivity contribution is 5.98. The van der Waals surface area contributed by atoms with Crippen LogP contribution in [0.15, 0.2) is 60.7 Å². The highest BCUT2D eigenvalue weighted by Crippen LogP contribution is 2.12. The van der Waals surface area contributed by atoms with E-state index in [2.05, 4.69) is 16.1 Å². The number of carbonyl (C=O) groups excluding carboxylic acids is 4. The summed E-state index contributed by atoms with van der Waals surface area (Å²) in [5.74, 6) is -2.00. The third kappa shape index (κ3) is 11.4. The van der Waals surface area contributed by atoms with E-state index in [-0.39, 0.29) is 19.0 Å². The molecule has 0 bridgehead atoms. The number of hydrogen-bond donors (Lipinski definition) is 5. The molecule has 11 heteroatoms. The second-order valence-corrected chi connectivity index (χ2v) is 10.8. The van der Waals surface area contributed by atoms with E-state index in [1.807, 2.05) is 44.2 Å². The molecule has 0 aliphatic heterocycles. The summed E-state index contributed by atoms with van der Waals surface area (Å²) in [6, 6.07) is 15.1. The first-order valence-corrected chi connectivity index (χ1v) is 13.2. The smallest absolute Gasteiger partial charge is 0.422 e. The summed E-state index contributed by atoms with van der Waals surface area (Å²) in [4.78, 5) is 50.2. The van der Waals surface area contributed by atoms with E-state index in [0.717, 1.165) is 5.56 Å². The maximum absolute atomic E-state index is 13.4. The highest BCUT2D eigenvalue weighted by atomic mass is 16.6. The Morgan fingerprint density at radius 1 is 0.950 bits per heavy atom. The lowest BCUT2D eigenvalue weighted by molar-refractivity contribution is -0.128. The predicted octanol–water partition coefficient (Wildman–Crippen LogP) is 1.90. The van der Waals surface area contributed by atoms with Gasteiger partial charge in [-0.1, -0.05) is 48.5 Å². The summed E-state index contributed by atoms with van der Waals surface area (Å²) in [5.41, 5.74) is 8.45. The van der Waals surface area contributed by atoms with Crippen molar-refractivity contribution in [3.8, 4) is 0 Å². The Kier molecular flexibility index (Phi) is 12.1. The number of ether oxygens (including phenoxy) is 1. The number of nitrogens with zero attached hydrogens (tertiary/aromatic N) is 1. The molecule has 0 fully saturated rings. The summed E-state index contributed by atoms with van der Waals surface area (Å²) >= 11 is 0. The molecule has 0 saturated carbocycles. The molecule has 0 heterocycles. The van der Waals surface area contributed by atoms with Gasteiger partial charge in [0.15, 0.2) is 0 Å². The lowest BCUT2D eigenvalue weighted by atomic mass is 9.99. The number of carbonyl (C=O) groups is 4. The molecule has 0 aromatic heterocycles. The maximum atomic E-state index is 13.4. The topological polar surface area (TPSA) is 163 Å². The van der Waals surface area contributed by atoms with E-state index in [1.165, 1.54) is 5.01 Å². The van der Waals surface area contributed by atoms with Gasteiger partial charge >= 0.3 is 6.09 Å².